The predicted molar refractivity (Wildman–Crippen MR) is 87.3 cm³/mol. The van der Waals surface area contributed by atoms with Crippen LogP contribution in [0.4, 0.5) is 8.78 Å². The van der Waals surface area contributed by atoms with Crippen molar-refractivity contribution in [1.82, 2.24) is 0 Å². The van der Waals surface area contributed by atoms with Gasteiger partial charge < -0.3 is 10.5 Å². The first kappa shape index (κ1) is 16.2. The van der Waals surface area contributed by atoms with Crippen LogP contribution in [0.25, 0.3) is 0 Å². The minimum atomic E-state index is -2.82. The molecule has 0 aromatic heterocycles. The molecule has 1 aliphatic rings. The summed E-state index contributed by atoms with van der Waals surface area (Å²) in [5.41, 5.74) is 9.61. The maximum Gasteiger partial charge on any atom is 0.387 e. The molecule has 0 fully saturated rings. The van der Waals surface area contributed by atoms with Crippen LogP contribution in [0.5, 0.6) is 5.75 Å². The van der Waals surface area contributed by atoms with Crippen LogP contribution in [0.3, 0.4) is 0 Å². The van der Waals surface area contributed by atoms with Gasteiger partial charge in [0.1, 0.15) is 5.75 Å². The molecule has 2 aromatic rings. The summed E-state index contributed by atoms with van der Waals surface area (Å²) in [4.78, 5) is 0. The Labute approximate surface area is 139 Å². The first-order chi connectivity index (χ1) is 11.0. The third-order valence-corrected chi connectivity index (χ3v) is 4.63. The fraction of sp³-hybridized carbons (Fsp3) is 0.333. The Kier molecular flexibility index (Phi) is 4.83. The second kappa shape index (κ2) is 6.85. The van der Waals surface area contributed by atoms with Crippen molar-refractivity contribution in [2.45, 2.75) is 37.8 Å². The van der Waals surface area contributed by atoms with Crippen LogP contribution in [-0.4, -0.2) is 12.7 Å². The molecule has 0 bridgehead atoms. The summed E-state index contributed by atoms with van der Waals surface area (Å²) in [6, 6.07) is 12.8. The average molecular weight is 338 g/mol. The van der Waals surface area contributed by atoms with E-state index in [0.29, 0.717) is 5.02 Å². The van der Waals surface area contributed by atoms with E-state index in [2.05, 4.69) is 4.74 Å². The number of hydrogen-bond donors (Lipinski definition) is 1. The standard InChI is InChI=1S/C18H18ClF2NO/c19-13-5-1-11(2-6-13)9-16-15-10-14(23-18(20)21)7-3-12(15)4-8-17(16)22/h1-3,5-7,10,16-18H,4,8-9,22H2. The molecular weight excluding hydrogens is 320 g/mol. The SMILES string of the molecule is NC1CCc2ccc(OC(F)F)cc2C1Cc1ccc(Cl)cc1. The van der Waals surface area contributed by atoms with Crippen molar-refractivity contribution in [2.24, 2.45) is 5.73 Å². The Morgan fingerprint density at radius 2 is 1.91 bits per heavy atom. The zero-order chi connectivity index (χ0) is 16.4. The summed E-state index contributed by atoms with van der Waals surface area (Å²) < 4.78 is 29.4. The van der Waals surface area contributed by atoms with Crippen molar-refractivity contribution in [3.8, 4) is 5.75 Å². The summed E-state index contributed by atoms with van der Waals surface area (Å²) in [6.07, 6.45) is 2.51. The first-order valence-corrected chi connectivity index (χ1v) is 7.98. The molecule has 23 heavy (non-hydrogen) atoms. The van der Waals surface area contributed by atoms with E-state index in [1.54, 1.807) is 12.1 Å². The van der Waals surface area contributed by atoms with Gasteiger partial charge in [-0.25, -0.2) is 0 Å². The molecule has 1 aliphatic carbocycles. The van der Waals surface area contributed by atoms with E-state index in [1.807, 2.05) is 30.3 Å². The van der Waals surface area contributed by atoms with E-state index >= 15 is 0 Å². The molecular formula is C18H18ClF2NO. The Morgan fingerprint density at radius 1 is 1.17 bits per heavy atom. The minimum Gasteiger partial charge on any atom is -0.435 e. The van der Waals surface area contributed by atoms with Gasteiger partial charge >= 0.3 is 6.61 Å². The number of halogens is 3. The first-order valence-electron chi connectivity index (χ1n) is 7.60. The van der Waals surface area contributed by atoms with Crippen LogP contribution < -0.4 is 10.5 Å². The number of hydrogen-bond acceptors (Lipinski definition) is 2. The highest BCUT2D eigenvalue weighted by Crippen LogP contribution is 2.36. The van der Waals surface area contributed by atoms with Crippen LogP contribution in [0.1, 0.15) is 29.0 Å². The molecule has 2 aromatic carbocycles. The summed E-state index contributed by atoms with van der Waals surface area (Å²) in [5, 5.41) is 0.690. The molecule has 0 saturated heterocycles. The van der Waals surface area contributed by atoms with Gasteiger partial charge in [-0.05, 0) is 60.2 Å². The molecule has 0 amide bonds. The molecule has 0 radical (unpaired) electrons. The maximum absolute atomic E-state index is 12.5. The third-order valence-electron chi connectivity index (χ3n) is 4.37. The van der Waals surface area contributed by atoms with Gasteiger partial charge in [0.2, 0.25) is 0 Å². The molecule has 3 rings (SSSR count). The summed E-state index contributed by atoms with van der Waals surface area (Å²) in [5.74, 6) is 0.273. The number of ether oxygens (including phenoxy) is 1. The third kappa shape index (κ3) is 3.82. The van der Waals surface area contributed by atoms with Gasteiger partial charge in [-0.3, -0.25) is 0 Å². The number of nitrogens with two attached hydrogens (primary N) is 1. The van der Waals surface area contributed by atoms with Gasteiger partial charge in [0, 0.05) is 17.0 Å². The van der Waals surface area contributed by atoms with E-state index in [9.17, 15) is 8.78 Å². The summed E-state index contributed by atoms with van der Waals surface area (Å²) in [7, 11) is 0. The Bertz CT molecular complexity index is 675. The number of rotatable bonds is 4. The van der Waals surface area contributed by atoms with Crippen LogP contribution in [0.15, 0.2) is 42.5 Å². The van der Waals surface area contributed by atoms with Gasteiger partial charge in [0.15, 0.2) is 0 Å². The van der Waals surface area contributed by atoms with Crippen molar-refractivity contribution in [3.05, 3.63) is 64.2 Å². The van der Waals surface area contributed by atoms with Gasteiger partial charge in [-0.2, -0.15) is 8.78 Å². The lowest BCUT2D eigenvalue weighted by Crippen LogP contribution is -2.34. The van der Waals surface area contributed by atoms with Crippen LogP contribution >= 0.6 is 11.6 Å². The highest BCUT2D eigenvalue weighted by Gasteiger charge is 2.28. The minimum absolute atomic E-state index is 0.0000203. The fourth-order valence-electron chi connectivity index (χ4n) is 3.21. The van der Waals surface area contributed by atoms with Gasteiger partial charge in [0.05, 0.1) is 0 Å². The van der Waals surface area contributed by atoms with Gasteiger partial charge in [0.25, 0.3) is 0 Å². The van der Waals surface area contributed by atoms with E-state index in [4.69, 9.17) is 17.3 Å². The highest BCUT2D eigenvalue weighted by atomic mass is 35.5. The lowest BCUT2D eigenvalue weighted by molar-refractivity contribution is -0.0499. The molecule has 0 saturated carbocycles. The van der Waals surface area contributed by atoms with Crippen LogP contribution in [0.2, 0.25) is 5.02 Å². The zero-order valence-electron chi connectivity index (χ0n) is 12.5. The number of aryl methyl sites for hydroxylation is 1. The molecule has 2 N–H and O–H groups in total. The lowest BCUT2D eigenvalue weighted by atomic mass is 9.76. The van der Waals surface area contributed by atoms with E-state index in [-0.39, 0.29) is 17.7 Å². The molecule has 0 spiro atoms. The van der Waals surface area contributed by atoms with Crippen molar-refractivity contribution < 1.29 is 13.5 Å². The largest absolute Gasteiger partial charge is 0.435 e. The normalized spacial score (nSPS) is 20.4. The molecule has 0 aliphatic heterocycles. The Hall–Kier alpha value is -1.65. The molecule has 122 valence electrons. The monoisotopic (exact) mass is 337 g/mol. The van der Waals surface area contributed by atoms with E-state index in [0.717, 1.165) is 36.0 Å². The Balaban J connectivity index is 1.89. The van der Waals surface area contributed by atoms with Crippen molar-refractivity contribution in [2.75, 3.05) is 0 Å². The Morgan fingerprint density at radius 3 is 2.61 bits per heavy atom. The highest BCUT2D eigenvalue weighted by molar-refractivity contribution is 6.30. The molecule has 5 heteroatoms. The van der Waals surface area contributed by atoms with E-state index < -0.39 is 6.61 Å². The van der Waals surface area contributed by atoms with E-state index in [1.165, 1.54) is 0 Å². The molecule has 0 heterocycles. The predicted octanol–water partition coefficient (Wildman–Crippen LogP) is 4.54. The zero-order valence-corrected chi connectivity index (χ0v) is 13.3. The van der Waals surface area contributed by atoms with Crippen molar-refractivity contribution >= 4 is 11.6 Å². The molecule has 2 atom stereocenters. The maximum atomic E-state index is 12.5. The molecule has 2 unspecified atom stereocenters. The number of alkyl halides is 2. The second-order valence-corrected chi connectivity index (χ2v) is 6.32. The van der Waals surface area contributed by atoms with Gasteiger partial charge in [-0.1, -0.05) is 29.8 Å². The van der Waals surface area contributed by atoms with Gasteiger partial charge in [-0.15, -0.1) is 0 Å². The summed E-state index contributed by atoms with van der Waals surface area (Å²) >= 11 is 5.92. The number of benzene rings is 2. The quantitative estimate of drug-likeness (QED) is 0.888. The topological polar surface area (TPSA) is 35.2 Å². The van der Waals surface area contributed by atoms with Crippen molar-refractivity contribution in [3.63, 3.8) is 0 Å². The average Bonchev–Trinajstić information content (AvgIpc) is 2.51. The molecule has 2 nitrogen and oxygen atoms in total. The second-order valence-electron chi connectivity index (χ2n) is 5.88. The smallest absolute Gasteiger partial charge is 0.387 e. The fourth-order valence-corrected chi connectivity index (χ4v) is 3.34. The summed E-state index contributed by atoms with van der Waals surface area (Å²) in [6.45, 7) is -2.82. The van der Waals surface area contributed by atoms with Crippen molar-refractivity contribution in [1.29, 1.82) is 0 Å². The van der Waals surface area contributed by atoms with Crippen LogP contribution in [0, 0.1) is 0 Å². The van der Waals surface area contributed by atoms with Crippen LogP contribution in [-0.2, 0) is 12.8 Å². The lowest BCUT2D eigenvalue weighted by Gasteiger charge is -2.32. The number of fused-ring (bicyclic) bond motifs is 1.